The molecule has 1 heterocycles. The molecule has 0 bridgehead atoms. The summed E-state index contributed by atoms with van der Waals surface area (Å²) in [4.78, 5) is 31.7. The monoisotopic (exact) mass is 171 g/mol. The van der Waals surface area contributed by atoms with Crippen LogP contribution >= 0.6 is 0 Å². The van der Waals surface area contributed by atoms with Crippen molar-refractivity contribution in [2.24, 2.45) is 0 Å². The molecule has 0 saturated carbocycles. The van der Waals surface area contributed by atoms with Crippen LogP contribution < -0.4 is 5.56 Å². The Morgan fingerprint density at radius 3 is 2.42 bits per heavy atom. The molecule has 0 atom stereocenters. The molecule has 0 unspecified atom stereocenters. The maximum absolute atomic E-state index is 10.7. The van der Waals surface area contributed by atoms with Gasteiger partial charge < -0.3 is 9.63 Å². The molecule has 12 heavy (non-hydrogen) atoms. The molecule has 6 nitrogen and oxygen atoms in total. The van der Waals surface area contributed by atoms with Crippen LogP contribution in [-0.2, 0) is 0 Å². The molecule has 0 spiro atoms. The van der Waals surface area contributed by atoms with E-state index in [-0.39, 0.29) is 0 Å². The summed E-state index contributed by atoms with van der Waals surface area (Å²) in [6, 6.07) is 0. The average molecular weight is 171 g/mol. The second-order valence-electron chi connectivity index (χ2n) is 2.10. The zero-order valence-electron chi connectivity index (χ0n) is 6.08. The van der Waals surface area contributed by atoms with Crippen molar-refractivity contribution in [2.45, 2.75) is 6.92 Å². The molecular formula is C6H5NO5. The van der Waals surface area contributed by atoms with Crippen molar-refractivity contribution in [3.8, 4) is 0 Å². The van der Waals surface area contributed by atoms with Crippen LogP contribution in [0.1, 0.15) is 27.8 Å². The summed E-state index contributed by atoms with van der Waals surface area (Å²) < 4.78 is 4.35. The first-order valence-electron chi connectivity index (χ1n) is 2.99. The van der Waals surface area contributed by atoms with Gasteiger partial charge in [-0.2, -0.15) is 5.16 Å². The van der Waals surface area contributed by atoms with E-state index in [1.54, 1.807) is 5.16 Å². The Hall–Kier alpha value is -1.85. The lowest BCUT2D eigenvalue weighted by molar-refractivity contribution is 0.0688. The number of ketones is 1. The summed E-state index contributed by atoms with van der Waals surface area (Å²) in [6.07, 6.45) is 0. The second-order valence-corrected chi connectivity index (χ2v) is 2.10. The van der Waals surface area contributed by atoms with E-state index in [1.165, 1.54) is 0 Å². The number of carbonyl (C=O) groups excluding carboxylic acids is 1. The fraction of sp³-hybridized carbons (Fsp3) is 0.167. The second kappa shape index (κ2) is 2.65. The molecule has 2 N–H and O–H groups in total. The number of carbonyl (C=O) groups is 2. The van der Waals surface area contributed by atoms with Crippen molar-refractivity contribution < 1.29 is 19.2 Å². The predicted octanol–water partition coefficient (Wildman–Crippen LogP) is -0.131. The van der Waals surface area contributed by atoms with Crippen molar-refractivity contribution in [2.75, 3.05) is 0 Å². The van der Waals surface area contributed by atoms with Gasteiger partial charge in [0.05, 0.1) is 0 Å². The fourth-order valence-corrected chi connectivity index (χ4v) is 0.745. The quantitative estimate of drug-likeness (QED) is 0.603. The number of aromatic nitrogens is 1. The first-order chi connectivity index (χ1) is 5.54. The number of hydrogen-bond donors (Lipinski definition) is 2. The third kappa shape index (κ3) is 1.14. The fourth-order valence-electron chi connectivity index (χ4n) is 0.745. The molecule has 1 aromatic rings. The summed E-state index contributed by atoms with van der Waals surface area (Å²) in [5.74, 6) is -2.53. The molecule has 0 fully saturated rings. The Bertz CT molecular complexity index is 385. The van der Waals surface area contributed by atoms with Crippen LogP contribution in [0.15, 0.2) is 9.32 Å². The third-order valence-electron chi connectivity index (χ3n) is 1.23. The highest BCUT2D eigenvalue weighted by molar-refractivity contribution is 6.02. The number of nitrogens with one attached hydrogen (secondary N) is 1. The van der Waals surface area contributed by atoms with E-state index in [2.05, 4.69) is 4.52 Å². The van der Waals surface area contributed by atoms with Gasteiger partial charge in [-0.15, -0.1) is 0 Å². The maximum Gasteiger partial charge on any atom is 0.345 e. The molecule has 6 heteroatoms. The maximum atomic E-state index is 10.7. The van der Waals surface area contributed by atoms with Gasteiger partial charge in [0.25, 0.3) is 5.56 Å². The largest absolute Gasteiger partial charge is 0.477 e. The van der Waals surface area contributed by atoms with Gasteiger partial charge in [0.1, 0.15) is 0 Å². The van der Waals surface area contributed by atoms with Gasteiger partial charge in [-0.3, -0.25) is 9.59 Å². The van der Waals surface area contributed by atoms with Gasteiger partial charge in [0, 0.05) is 6.92 Å². The highest BCUT2D eigenvalue weighted by Gasteiger charge is 2.22. The average Bonchev–Trinajstić information content (AvgIpc) is 2.30. The van der Waals surface area contributed by atoms with Crippen LogP contribution in [0.5, 0.6) is 0 Å². The first kappa shape index (κ1) is 8.25. The molecule has 0 saturated heterocycles. The van der Waals surface area contributed by atoms with Gasteiger partial charge in [-0.05, 0) is 0 Å². The number of hydrogen-bond acceptors (Lipinski definition) is 4. The number of carboxylic acids is 1. The van der Waals surface area contributed by atoms with Crippen LogP contribution in [0.3, 0.4) is 0 Å². The van der Waals surface area contributed by atoms with E-state index in [0.29, 0.717) is 0 Å². The summed E-state index contributed by atoms with van der Waals surface area (Å²) in [6.45, 7) is 1.11. The number of Topliss-reactive ketones (excluding diaryl/α,β-unsaturated/α-hetero) is 1. The van der Waals surface area contributed by atoms with Crippen molar-refractivity contribution >= 4 is 11.8 Å². The van der Waals surface area contributed by atoms with Crippen LogP contribution in [0, 0.1) is 0 Å². The third-order valence-corrected chi connectivity index (χ3v) is 1.23. The summed E-state index contributed by atoms with van der Waals surface area (Å²) in [7, 11) is 0. The molecular weight excluding hydrogens is 166 g/mol. The van der Waals surface area contributed by atoms with E-state index in [1.807, 2.05) is 0 Å². The molecule has 1 aromatic heterocycles. The number of carboxylic acid groups (broad SMARTS) is 1. The van der Waals surface area contributed by atoms with E-state index < -0.39 is 28.6 Å². The summed E-state index contributed by atoms with van der Waals surface area (Å²) in [5.41, 5.74) is -1.56. The summed E-state index contributed by atoms with van der Waals surface area (Å²) in [5, 5.41) is 10.2. The number of aromatic carboxylic acids is 1. The summed E-state index contributed by atoms with van der Waals surface area (Å²) >= 11 is 0. The minimum atomic E-state index is -1.48. The van der Waals surface area contributed by atoms with Gasteiger partial charge in [-0.25, -0.2) is 4.79 Å². The zero-order chi connectivity index (χ0) is 9.30. The first-order valence-corrected chi connectivity index (χ1v) is 2.99. The number of aromatic amines is 1. The smallest absolute Gasteiger partial charge is 0.345 e. The van der Waals surface area contributed by atoms with Crippen molar-refractivity contribution in [1.29, 1.82) is 0 Å². The lowest BCUT2D eigenvalue weighted by atomic mass is 10.2. The standard InChI is InChI=1S/C6H5NO5/c1-2(8)4-3(6(10)11)5(9)7-12-4/h1H3,(H,7,9)(H,10,11). The number of rotatable bonds is 2. The molecule has 0 aliphatic carbocycles. The Kier molecular flexibility index (Phi) is 1.82. The Balaban J connectivity index is 3.41. The highest BCUT2D eigenvalue weighted by atomic mass is 16.5. The van der Waals surface area contributed by atoms with Crippen molar-refractivity contribution in [3.63, 3.8) is 0 Å². The van der Waals surface area contributed by atoms with Crippen LogP contribution in [0.2, 0.25) is 0 Å². The van der Waals surface area contributed by atoms with Gasteiger partial charge in [0.2, 0.25) is 5.76 Å². The van der Waals surface area contributed by atoms with Gasteiger partial charge >= 0.3 is 5.97 Å². The Morgan fingerprint density at radius 1 is 1.50 bits per heavy atom. The SMILES string of the molecule is CC(=O)c1o[nH]c(=O)c1C(=O)O. The topological polar surface area (TPSA) is 100 Å². The van der Waals surface area contributed by atoms with E-state index >= 15 is 0 Å². The van der Waals surface area contributed by atoms with Gasteiger partial charge in [0.15, 0.2) is 11.3 Å². The molecule has 0 amide bonds. The molecule has 0 aliphatic heterocycles. The zero-order valence-corrected chi connectivity index (χ0v) is 6.08. The minimum absolute atomic E-state index is 0.451. The van der Waals surface area contributed by atoms with E-state index in [9.17, 15) is 14.4 Å². The Morgan fingerprint density at radius 2 is 2.08 bits per heavy atom. The molecule has 64 valence electrons. The molecule has 0 aliphatic rings. The molecule has 1 rings (SSSR count). The Labute approximate surface area is 65.8 Å². The van der Waals surface area contributed by atoms with E-state index in [4.69, 9.17) is 5.11 Å². The predicted molar refractivity (Wildman–Crippen MR) is 36.3 cm³/mol. The molecule has 0 aromatic carbocycles. The lowest BCUT2D eigenvalue weighted by Gasteiger charge is -1.86. The van der Waals surface area contributed by atoms with Crippen LogP contribution in [0.25, 0.3) is 0 Å². The van der Waals surface area contributed by atoms with Crippen LogP contribution in [-0.4, -0.2) is 22.0 Å². The highest BCUT2D eigenvalue weighted by Crippen LogP contribution is 2.03. The minimum Gasteiger partial charge on any atom is -0.477 e. The van der Waals surface area contributed by atoms with Crippen LogP contribution in [0.4, 0.5) is 0 Å². The van der Waals surface area contributed by atoms with Gasteiger partial charge in [-0.1, -0.05) is 0 Å². The van der Waals surface area contributed by atoms with Crippen molar-refractivity contribution in [1.82, 2.24) is 5.16 Å². The number of H-pyrrole nitrogens is 1. The normalized spacial score (nSPS) is 9.75. The lowest BCUT2D eigenvalue weighted by Crippen LogP contribution is -2.14. The van der Waals surface area contributed by atoms with Crippen molar-refractivity contribution in [3.05, 3.63) is 21.7 Å². The molecule has 0 radical (unpaired) electrons. The van der Waals surface area contributed by atoms with E-state index in [0.717, 1.165) is 6.92 Å².